The van der Waals surface area contributed by atoms with E-state index in [1.807, 2.05) is 24.3 Å². The zero-order valence-corrected chi connectivity index (χ0v) is 8.08. The lowest BCUT2D eigenvalue weighted by molar-refractivity contribution is 0.128. The summed E-state index contributed by atoms with van der Waals surface area (Å²) in [6, 6.07) is 6.93. The molecule has 2 aromatic rings. The van der Waals surface area contributed by atoms with E-state index >= 15 is 0 Å². The van der Waals surface area contributed by atoms with Crippen molar-refractivity contribution in [3.8, 4) is 0 Å². The van der Waals surface area contributed by atoms with Gasteiger partial charge in [0.25, 0.3) is 0 Å². The van der Waals surface area contributed by atoms with Crippen LogP contribution in [0.4, 0.5) is 8.78 Å². The Morgan fingerprint density at radius 3 is 2.73 bits per heavy atom. The highest BCUT2D eigenvalue weighted by Crippen LogP contribution is 2.25. The Kier molecular flexibility index (Phi) is 2.68. The number of halogens is 2. The molecule has 0 fully saturated rings. The van der Waals surface area contributed by atoms with Crippen molar-refractivity contribution >= 4 is 10.9 Å². The normalized spacial score (nSPS) is 13.6. The summed E-state index contributed by atoms with van der Waals surface area (Å²) < 4.78 is 24.4. The molecule has 2 rings (SSSR count). The number of benzene rings is 1. The lowest BCUT2D eigenvalue weighted by Crippen LogP contribution is -2.13. The van der Waals surface area contributed by atoms with E-state index < -0.39 is 12.5 Å². The highest BCUT2D eigenvalue weighted by Gasteiger charge is 2.15. The molecule has 0 bridgehead atoms. The van der Waals surface area contributed by atoms with Crippen LogP contribution in [0.1, 0.15) is 18.0 Å². The van der Waals surface area contributed by atoms with Crippen LogP contribution in [-0.2, 0) is 0 Å². The summed E-state index contributed by atoms with van der Waals surface area (Å²) in [5.74, 6) is 0. The van der Waals surface area contributed by atoms with E-state index in [9.17, 15) is 8.78 Å². The molecule has 4 heteroatoms. The standard InChI is InChI=1S/C11H12F2N2/c12-11(13)5-9(14)8-6-15-10-4-2-1-3-7(8)10/h1-4,6,9,11,15H,5,14H2/t9-/m0/s1. The molecule has 0 unspecified atom stereocenters. The third-order valence-electron chi connectivity index (χ3n) is 2.45. The maximum absolute atomic E-state index is 12.2. The van der Waals surface area contributed by atoms with Crippen LogP contribution in [0, 0.1) is 0 Å². The lowest BCUT2D eigenvalue weighted by atomic mass is 10.0. The van der Waals surface area contributed by atoms with Gasteiger partial charge in [0.15, 0.2) is 0 Å². The number of hydrogen-bond acceptors (Lipinski definition) is 1. The minimum atomic E-state index is -2.37. The van der Waals surface area contributed by atoms with Gasteiger partial charge in [-0.25, -0.2) is 8.78 Å². The Bertz CT molecular complexity index is 451. The van der Waals surface area contributed by atoms with E-state index in [4.69, 9.17) is 5.73 Å². The number of aromatic amines is 1. The summed E-state index contributed by atoms with van der Waals surface area (Å²) in [5.41, 5.74) is 7.39. The summed E-state index contributed by atoms with van der Waals surface area (Å²) in [4.78, 5) is 3.02. The fourth-order valence-electron chi connectivity index (χ4n) is 1.72. The number of aromatic nitrogens is 1. The Labute approximate surface area is 86.1 Å². The first-order chi connectivity index (χ1) is 7.18. The topological polar surface area (TPSA) is 41.8 Å². The second kappa shape index (κ2) is 3.98. The Morgan fingerprint density at radius 2 is 2.00 bits per heavy atom. The quantitative estimate of drug-likeness (QED) is 0.803. The Hall–Kier alpha value is -1.42. The van der Waals surface area contributed by atoms with Crippen LogP contribution < -0.4 is 5.73 Å². The van der Waals surface area contributed by atoms with Crippen molar-refractivity contribution in [1.82, 2.24) is 4.98 Å². The van der Waals surface area contributed by atoms with Crippen LogP contribution in [0.3, 0.4) is 0 Å². The molecule has 1 aromatic carbocycles. The second-order valence-electron chi connectivity index (χ2n) is 3.52. The fourth-order valence-corrected chi connectivity index (χ4v) is 1.72. The molecular weight excluding hydrogens is 198 g/mol. The molecule has 0 saturated carbocycles. The summed E-state index contributed by atoms with van der Waals surface area (Å²) in [5, 5.41) is 0.922. The van der Waals surface area contributed by atoms with Crippen molar-refractivity contribution in [2.24, 2.45) is 5.73 Å². The van der Waals surface area contributed by atoms with Gasteiger partial charge < -0.3 is 10.7 Å². The van der Waals surface area contributed by atoms with Gasteiger partial charge in [-0.1, -0.05) is 18.2 Å². The molecule has 3 N–H and O–H groups in total. The van der Waals surface area contributed by atoms with Gasteiger partial charge in [-0.3, -0.25) is 0 Å². The van der Waals surface area contributed by atoms with Gasteiger partial charge in [0, 0.05) is 29.6 Å². The predicted molar refractivity (Wildman–Crippen MR) is 55.8 cm³/mol. The number of fused-ring (bicyclic) bond motifs is 1. The first kappa shape index (κ1) is 10.1. The van der Waals surface area contributed by atoms with Crippen LogP contribution in [-0.4, -0.2) is 11.4 Å². The summed E-state index contributed by atoms with van der Waals surface area (Å²) in [6.07, 6.45) is -0.965. The number of para-hydroxylation sites is 1. The first-order valence-corrected chi connectivity index (χ1v) is 4.78. The second-order valence-corrected chi connectivity index (χ2v) is 3.52. The zero-order valence-electron chi connectivity index (χ0n) is 8.08. The van der Waals surface area contributed by atoms with Gasteiger partial charge >= 0.3 is 0 Å². The molecule has 0 radical (unpaired) electrons. The summed E-state index contributed by atoms with van der Waals surface area (Å²) in [7, 11) is 0. The monoisotopic (exact) mass is 210 g/mol. The molecule has 0 aliphatic rings. The third-order valence-corrected chi connectivity index (χ3v) is 2.45. The highest BCUT2D eigenvalue weighted by atomic mass is 19.3. The SMILES string of the molecule is N[C@@H](CC(F)F)c1c[nH]c2ccccc12. The molecule has 0 amide bonds. The average molecular weight is 210 g/mol. The molecule has 15 heavy (non-hydrogen) atoms. The molecule has 80 valence electrons. The maximum atomic E-state index is 12.2. The molecule has 2 nitrogen and oxygen atoms in total. The van der Waals surface area contributed by atoms with Gasteiger partial charge in [0.2, 0.25) is 6.43 Å². The van der Waals surface area contributed by atoms with Gasteiger partial charge in [0.05, 0.1) is 0 Å². The van der Waals surface area contributed by atoms with Crippen LogP contribution in [0.2, 0.25) is 0 Å². The van der Waals surface area contributed by atoms with Crippen molar-refractivity contribution < 1.29 is 8.78 Å². The Morgan fingerprint density at radius 1 is 1.27 bits per heavy atom. The number of hydrogen-bond donors (Lipinski definition) is 2. The maximum Gasteiger partial charge on any atom is 0.240 e. The smallest absolute Gasteiger partial charge is 0.240 e. The predicted octanol–water partition coefficient (Wildman–Crippen LogP) is 2.82. The van der Waals surface area contributed by atoms with Crippen LogP contribution in [0.5, 0.6) is 0 Å². The van der Waals surface area contributed by atoms with Crippen LogP contribution in [0.15, 0.2) is 30.5 Å². The van der Waals surface area contributed by atoms with E-state index in [0.29, 0.717) is 0 Å². The van der Waals surface area contributed by atoms with Gasteiger partial charge in [-0.2, -0.15) is 0 Å². The van der Waals surface area contributed by atoms with Crippen molar-refractivity contribution in [3.63, 3.8) is 0 Å². The molecule has 0 spiro atoms. The van der Waals surface area contributed by atoms with E-state index in [-0.39, 0.29) is 6.42 Å². The van der Waals surface area contributed by atoms with Crippen LogP contribution >= 0.6 is 0 Å². The zero-order chi connectivity index (χ0) is 10.8. The molecule has 0 saturated heterocycles. The Balaban J connectivity index is 2.35. The van der Waals surface area contributed by atoms with Crippen molar-refractivity contribution in [2.75, 3.05) is 0 Å². The van der Waals surface area contributed by atoms with Crippen molar-refractivity contribution in [1.29, 1.82) is 0 Å². The number of alkyl halides is 2. The minimum Gasteiger partial charge on any atom is -0.361 e. The first-order valence-electron chi connectivity index (χ1n) is 4.78. The molecule has 0 aliphatic carbocycles. The molecule has 1 heterocycles. The van der Waals surface area contributed by atoms with Crippen molar-refractivity contribution in [2.45, 2.75) is 18.9 Å². The molecule has 1 aromatic heterocycles. The minimum absolute atomic E-state index is 0.304. The summed E-state index contributed by atoms with van der Waals surface area (Å²) in [6.45, 7) is 0. The van der Waals surface area contributed by atoms with Gasteiger partial charge in [-0.15, -0.1) is 0 Å². The van der Waals surface area contributed by atoms with E-state index in [0.717, 1.165) is 16.5 Å². The number of rotatable bonds is 3. The van der Waals surface area contributed by atoms with Crippen LogP contribution in [0.25, 0.3) is 10.9 Å². The van der Waals surface area contributed by atoms with Gasteiger partial charge in [-0.05, 0) is 11.6 Å². The van der Waals surface area contributed by atoms with E-state index in [2.05, 4.69) is 4.98 Å². The molecule has 1 atom stereocenters. The van der Waals surface area contributed by atoms with E-state index in [1.165, 1.54) is 0 Å². The largest absolute Gasteiger partial charge is 0.361 e. The van der Waals surface area contributed by atoms with Crippen molar-refractivity contribution in [3.05, 3.63) is 36.0 Å². The fraction of sp³-hybridized carbons (Fsp3) is 0.273. The van der Waals surface area contributed by atoms with E-state index in [1.54, 1.807) is 6.20 Å². The van der Waals surface area contributed by atoms with Gasteiger partial charge in [0.1, 0.15) is 0 Å². The lowest BCUT2D eigenvalue weighted by Gasteiger charge is -2.09. The number of nitrogens with two attached hydrogens (primary N) is 1. The molecule has 0 aliphatic heterocycles. The highest BCUT2D eigenvalue weighted by molar-refractivity contribution is 5.83. The average Bonchev–Trinajstić information content (AvgIpc) is 2.59. The third kappa shape index (κ3) is 1.99. The molecular formula is C11H12F2N2. The number of H-pyrrole nitrogens is 1. The number of nitrogens with one attached hydrogen (secondary N) is 1. The summed E-state index contributed by atoms with van der Waals surface area (Å²) >= 11 is 0.